The minimum atomic E-state index is 0.546. The first kappa shape index (κ1) is 12.9. The summed E-state index contributed by atoms with van der Waals surface area (Å²) in [6.45, 7) is 0.546. The molecule has 0 aliphatic rings. The molecule has 18 heavy (non-hydrogen) atoms. The molecule has 0 heterocycles. The Morgan fingerprint density at radius 3 is 2.61 bits per heavy atom. The second kappa shape index (κ2) is 6.39. The smallest absolute Gasteiger partial charge is 0.133 e. The zero-order chi connectivity index (χ0) is 12.8. The van der Waals surface area contributed by atoms with E-state index in [0.29, 0.717) is 6.61 Å². The first-order chi connectivity index (χ1) is 8.79. The van der Waals surface area contributed by atoms with Gasteiger partial charge in [-0.05, 0) is 51.9 Å². The van der Waals surface area contributed by atoms with Crippen LogP contribution in [0.4, 0.5) is 0 Å². The molecule has 0 aliphatic heterocycles. The SMILES string of the molecule is O/N=C/c1ccc(OCc2ccccc2)c(I)c1. The van der Waals surface area contributed by atoms with Crippen molar-refractivity contribution in [3.8, 4) is 5.75 Å². The molecule has 0 bridgehead atoms. The maximum Gasteiger partial charge on any atom is 0.133 e. The van der Waals surface area contributed by atoms with Gasteiger partial charge >= 0.3 is 0 Å². The number of benzene rings is 2. The zero-order valence-electron chi connectivity index (χ0n) is 9.58. The molecule has 0 fully saturated rings. The molecule has 0 saturated carbocycles. The van der Waals surface area contributed by atoms with Crippen molar-refractivity contribution in [3.05, 3.63) is 63.2 Å². The number of oxime groups is 1. The van der Waals surface area contributed by atoms with Crippen molar-refractivity contribution in [2.45, 2.75) is 6.61 Å². The normalized spacial score (nSPS) is 10.7. The third kappa shape index (κ3) is 3.46. The summed E-state index contributed by atoms with van der Waals surface area (Å²) in [5.41, 5.74) is 1.98. The van der Waals surface area contributed by atoms with Gasteiger partial charge in [0.2, 0.25) is 0 Å². The van der Waals surface area contributed by atoms with Gasteiger partial charge in [-0.3, -0.25) is 0 Å². The fraction of sp³-hybridized carbons (Fsp3) is 0.0714. The van der Waals surface area contributed by atoms with Crippen molar-refractivity contribution in [1.82, 2.24) is 0 Å². The third-order valence-electron chi connectivity index (χ3n) is 2.40. The van der Waals surface area contributed by atoms with Crippen LogP contribution in [0.3, 0.4) is 0 Å². The molecule has 3 nitrogen and oxygen atoms in total. The molecule has 2 rings (SSSR count). The summed E-state index contributed by atoms with van der Waals surface area (Å²) in [4.78, 5) is 0. The van der Waals surface area contributed by atoms with E-state index >= 15 is 0 Å². The van der Waals surface area contributed by atoms with Gasteiger partial charge in [-0.1, -0.05) is 35.5 Å². The van der Waals surface area contributed by atoms with Gasteiger partial charge in [-0.2, -0.15) is 0 Å². The maximum atomic E-state index is 8.47. The molecule has 0 amide bonds. The number of nitrogens with zero attached hydrogens (tertiary/aromatic N) is 1. The molecule has 2 aromatic rings. The lowest BCUT2D eigenvalue weighted by atomic mass is 10.2. The van der Waals surface area contributed by atoms with Crippen molar-refractivity contribution in [3.63, 3.8) is 0 Å². The maximum absolute atomic E-state index is 8.47. The molecule has 0 aliphatic carbocycles. The molecule has 0 atom stereocenters. The predicted octanol–water partition coefficient (Wildman–Crippen LogP) is 3.68. The van der Waals surface area contributed by atoms with Gasteiger partial charge in [0, 0.05) is 0 Å². The Kier molecular flexibility index (Phi) is 4.58. The highest BCUT2D eigenvalue weighted by atomic mass is 127. The molecule has 0 radical (unpaired) electrons. The average Bonchev–Trinajstić information content (AvgIpc) is 2.39. The van der Waals surface area contributed by atoms with Crippen molar-refractivity contribution in [2.75, 3.05) is 0 Å². The molecule has 0 spiro atoms. The van der Waals surface area contributed by atoms with E-state index in [0.717, 1.165) is 20.4 Å². The Morgan fingerprint density at radius 2 is 1.94 bits per heavy atom. The monoisotopic (exact) mass is 353 g/mol. The van der Waals surface area contributed by atoms with Gasteiger partial charge in [-0.25, -0.2) is 0 Å². The zero-order valence-corrected chi connectivity index (χ0v) is 11.7. The molecular formula is C14H12INO2. The van der Waals surface area contributed by atoms with Crippen molar-refractivity contribution in [1.29, 1.82) is 0 Å². The highest BCUT2D eigenvalue weighted by Crippen LogP contribution is 2.22. The van der Waals surface area contributed by atoms with E-state index in [2.05, 4.69) is 27.7 Å². The molecular weight excluding hydrogens is 341 g/mol. The van der Waals surface area contributed by atoms with Crippen LogP contribution in [0.15, 0.2) is 53.7 Å². The van der Waals surface area contributed by atoms with E-state index in [1.54, 1.807) is 0 Å². The fourth-order valence-corrected chi connectivity index (χ4v) is 2.21. The summed E-state index contributed by atoms with van der Waals surface area (Å²) in [5.74, 6) is 0.828. The first-order valence-electron chi connectivity index (χ1n) is 5.43. The van der Waals surface area contributed by atoms with Crippen LogP contribution in [0.25, 0.3) is 0 Å². The van der Waals surface area contributed by atoms with E-state index in [1.807, 2.05) is 48.5 Å². The van der Waals surface area contributed by atoms with E-state index in [4.69, 9.17) is 9.94 Å². The molecule has 0 unspecified atom stereocenters. The lowest BCUT2D eigenvalue weighted by molar-refractivity contribution is 0.304. The Labute approximate surface area is 119 Å². The van der Waals surface area contributed by atoms with Gasteiger partial charge in [-0.15, -0.1) is 0 Å². The molecule has 4 heteroatoms. The van der Waals surface area contributed by atoms with E-state index in [1.165, 1.54) is 6.21 Å². The molecule has 92 valence electrons. The summed E-state index contributed by atoms with van der Waals surface area (Å²) >= 11 is 2.20. The lowest BCUT2D eigenvalue weighted by Crippen LogP contribution is -1.97. The van der Waals surface area contributed by atoms with Crippen LogP contribution in [0.1, 0.15) is 11.1 Å². The summed E-state index contributed by atoms with van der Waals surface area (Å²) < 4.78 is 6.73. The van der Waals surface area contributed by atoms with Gasteiger partial charge in [0.25, 0.3) is 0 Å². The molecule has 0 aromatic heterocycles. The van der Waals surface area contributed by atoms with E-state index in [-0.39, 0.29) is 0 Å². The van der Waals surface area contributed by atoms with Crippen molar-refractivity contribution >= 4 is 28.8 Å². The molecule has 1 N–H and O–H groups in total. The molecule has 2 aromatic carbocycles. The minimum Gasteiger partial charge on any atom is -0.488 e. The quantitative estimate of drug-likeness (QED) is 0.394. The highest BCUT2D eigenvalue weighted by molar-refractivity contribution is 14.1. The van der Waals surface area contributed by atoms with Crippen LogP contribution in [-0.2, 0) is 6.61 Å². The van der Waals surface area contributed by atoms with Crippen molar-refractivity contribution < 1.29 is 9.94 Å². The summed E-state index contributed by atoms with van der Waals surface area (Å²) in [6, 6.07) is 15.6. The number of hydrogen-bond donors (Lipinski definition) is 1. The van der Waals surface area contributed by atoms with Crippen LogP contribution < -0.4 is 4.74 Å². The highest BCUT2D eigenvalue weighted by Gasteiger charge is 2.02. The van der Waals surface area contributed by atoms with E-state index < -0.39 is 0 Å². The summed E-state index contributed by atoms with van der Waals surface area (Å²) in [6.07, 6.45) is 1.39. The Morgan fingerprint density at radius 1 is 1.17 bits per heavy atom. The standard InChI is InChI=1S/C14H12INO2/c15-13-8-12(9-16-17)6-7-14(13)18-10-11-4-2-1-3-5-11/h1-9,17H,10H2/b16-9+. The Hall–Kier alpha value is -1.56. The first-order valence-corrected chi connectivity index (χ1v) is 6.51. The van der Waals surface area contributed by atoms with Gasteiger partial charge < -0.3 is 9.94 Å². The lowest BCUT2D eigenvalue weighted by Gasteiger charge is -2.08. The van der Waals surface area contributed by atoms with Crippen LogP contribution in [0.5, 0.6) is 5.75 Å². The number of ether oxygens (including phenoxy) is 1. The second-order valence-electron chi connectivity index (χ2n) is 3.71. The van der Waals surface area contributed by atoms with Crippen LogP contribution in [0, 0.1) is 3.57 Å². The topological polar surface area (TPSA) is 41.8 Å². The van der Waals surface area contributed by atoms with E-state index in [9.17, 15) is 0 Å². The van der Waals surface area contributed by atoms with Crippen LogP contribution >= 0.6 is 22.6 Å². The minimum absolute atomic E-state index is 0.546. The second-order valence-corrected chi connectivity index (χ2v) is 4.87. The predicted molar refractivity (Wildman–Crippen MR) is 79.3 cm³/mol. The Balaban J connectivity index is 2.06. The largest absolute Gasteiger partial charge is 0.488 e. The average molecular weight is 353 g/mol. The summed E-state index contributed by atoms with van der Waals surface area (Å²) in [7, 11) is 0. The van der Waals surface area contributed by atoms with Crippen molar-refractivity contribution in [2.24, 2.45) is 5.16 Å². The van der Waals surface area contributed by atoms with Gasteiger partial charge in [0.15, 0.2) is 0 Å². The number of halogens is 1. The number of rotatable bonds is 4. The van der Waals surface area contributed by atoms with Gasteiger partial charge in [0.1, 0.15) is 12.4 Å². The van der Waals surface area contributed by atoms with Crippen LogP contribution in [-0.4, -0.2) is 11.4 Å². The molecule has 0 saturated heterocycles. The third-order valence-corrected chi connectivity index (χ3v) is 3.24. The number of hydrogen-bond acceptors (Lipinski definition) is 3. The van der Waals surface area contributed by atoms with Gasteiger partial charge in [0.05, 0.1) is 9.78 Å². The Bertz CT molecular complexity index is 541. The summed E-state index contributed by atoms with van der Waals surface area (Å²) in [5, 5.41) is 11.5. The fourth-order valence-electron chi connectivity index (χ4n) is 1.52. The van der Waals surface area contributed by atoms with Crippen LogP contribution in [0.2, 0.25) is 0 Å².